The first-order valence-electron chi connectivity index (χ1n) is 10.6. The van der Waals surface area contributed by atoms with Crippen LogP contribution in [-0.4, -0.2) is 19.0 Å². The third-order valence-corrected chi connectivity index (χ3v) is 8.05. The second-order valence-corrected chi connectivity index (χ2v) is 10.3. The molecule has 3 aromatic rings. The molecule has 0 saturated heterocycles. The van der Waals surface area contributed by atoms with E-state index in [-0.39, 0.29) is 5.91 Å². The predicted octanol–water partition coefficient (Wildman–Crippen LogP) is 5.71. The summed E-state index contributed by atoms with van der Waals surface area (Å²) >= 11 is 2.95. The summed E-state index contributed by atoms with van der Waals surface area (Å²) in [6, 6.07) is 17.1. The summed E-state index contributed by atoms with van der Waals surface area (Å²) in [5, 5.41) is 3.16. The van der Waals surface area contributed by atoms with Gasteiger partial charge in [-0.1, -0.05) is 37.3 Å². The van der Waals surface area contributed by atoms with Gasteiger partial charge < -0.3 is 15.8 Å². The Hall–Kier alpha value is -2.77. The van der Waals surface area contributed by atoms with Crippen molar-refractivity contribution in [3.05, 3.63) is 76.2 Å². The van der Waals surface area contributed by atoms with E-state index in [0.29, 0.717) is 22.2 Å². The first kappa shape index (κ1) is 22.4. The first-order valence-corrected chi connectivity index (χ1v) is 12.3. The Morgan fingerprint density at radius 3 is 2.56 bits per heavy atom. The molecule has 0 saturated carbocycles. The molecule has 1 aliphatic carbocycles. The normalized spacial score (nSPS) is 16.1. The van der Waals surface area contributed by atoms with Gasteiger partial charge in [-0.15, -0.1) is 23.1 Å². The number of amides is 1. The molecular weight excluding hydrogens is 440 g/mol. The van der Waals surface area contributed by atoms with Crippen molar-refractivity contribution in [3.63, 3.8) is 0 Å². The van der Waals surface area contributed by atoms with Crippen LogP contribution in [0.5, 0.6) is 0 Å². The molecule has 0 bridgehead atoms. The summed E-state index contributed by atoms with van der Waals surface area (Å²) in [4.78, 5) is 28.2. The molecule has 0 radical (unpaired) electrons. The van der Waals surface area contributed by atoms with Crippen LogP contribution in [0.15, 0.2) is 59.5 Å². The van der Waals surface area contributed by atoms with Crippen LogP contribution in [-0.2, 0) is 22.4 Å². The molecule has 32 heavy (non-hydrogen) atoms. The minimum atomic E-state index is -0.483. The third-order valence-electron chi connectivity index (χ3n) is 5.61. The number of esters is 1. The van der Waals surface area contributed by atoms with E-state index in [1.807, 2.05) is 54.6 Å². The second-order valence-electron chi connectivity index (χ2n) is 8.01. The van der Waals surface area contributed by atoms with Crippen molar-refractivity contribution in [2.24, 2.45) is 5.92 Å². The molecule has 0 aliphatic heterocycles. The zero-order valence-corrected chi connectivity index (χ0v) is 19.7. The molecular formula is C25H26N2O3S2. The van der Waals surface area contributed by atoms with E-state index in [4.69, 9.17) is 10.5 Å². The van der Waals surface area contributed by atoms with E-state index in [1.54, 1.807) is 0 Å². The van der Waals surface area contributed by atoms with Gasteiger partial charge >= 0.3 is 5.97 Å². The molecule has 1 amide bonds. The van der Waals surface area contributed by atoms with Crippen LogP contribution in [0.2, 0.25) is 0 Å². The zero-order chi connectivity index (χ0) is 22.7. The SMILES string of the molecule is COC(=O)c1c(NC(=O)C(Sc2ccc(N)cc2)c2ccccc2)sc2c1CCC(C)C2. The quantitative estimate of drug-likeness (QED) is 0.276. The molecule has 4 rings (SSSR count). The number of hydrogen-bond acceptors (Lipinski definition) is 6. The molecule has 2 aromatic carbocycles. The summed E-state index contributed by atoms with van der Waals surface area (Å²) in [6.07, 6.45) is 2.78. The molecule has 3 N–H and O–H groups in total. The van der Waals surface area contributed by atoms with E-state index < -0.39 is 11.2 Å². The van der Waals surface area contributed by atoms with Crippen molar-refractivity contribution < 1.29 is 14.3 Å². The fraction of sp³-hybridized carbons (Fsp3) is 0.280. The van der Waals surface area contributed by atoms with Crippen LogP contribution < -0.4 is 11.1 Å². The van der Waals surface area contributed by atoms with E-state index in [9.17, 15) is 9.59 Å². The van der Waals surface area contributed by atoms with E-state index in [0.717, 1.165) is 35.3 Å². The summed E-state index contributed by atoms with van der Waals surface area (Å²) in [5.74, 6) is -0.00189. The van der Waals surface area contributed by atoms with Gasteiger partial charge in [0.2, 0.25) is 5.91 Å². The van der Waals surface area contributed by atoms with Crippen LogP contribution in [0.3, 0.4) is 0 Å². The molecule has 7 heteroatoms. The van der Waals surface area contributed by atoms with Crippen molar-refractivity contribution in [2.75, 3.05) is 18.2 Å². The van der Waals surface area contributed by atoms with Crippen molar-refractivity contribution in [2.45, 2.75) is 36.3 Å². The van der Waals surface area contributed by atoms with Crippen molar-refractivity contribution >= 4 is 45.7 Å². The predicted molar refractivity (Wildman–Crippen MR) is 131 cm³/mol. The minimum absolute atomic E-state index is 0.171. The molecule has 2 unspecified atom stereocenters. The van der Waals surface area contributed by atoms with Gasteiger partial charge in [-0.2, -0.15) is 0 Å². The number of thiophene rings is 1. The lowest BCUT2D eigenvalue weighted by Gasteiger charge is -2.18. The van der Waals surface area contributed by atoms with Crippen molar-refractivity contribution in [1.29, 1.82) is 0 Å². The molecule has 2 atom stereocenters. The van der Waals surface area contributed by atoms with E-state index >= 15 is 0 Å². The van der Waals surface area contributed by atoms with Gasteiger partial charge in [-0.05, 0) is 60.6 Å². The van der Waals surface area contributed by atoms with Crippen molar-refractivity contribution in [1.82, 2.24) is 0 Å². The highest BCUT2D eigenvalue weighted by molar-refractivity contribution is 8.00. The highest BCUT2D eigenvalue weighted by atomic mass is 32.2. The number of methoxy groups -OCH3 is 1. The Balaban J connectivity index is 1.66. The fourth-order valence-electron chi connectivity index (χ4n) is 3.92. The third kappa shape index (κ3) is 4.84. The Kier molecular flexibility index (Phi) is 6.86. The van der Waals surface area contributed by atoms with Crippen LogP contribution in [0.4, 0.5) is 10.7 Å². The Morgan fingerprint density at radius 2 is 1.88 bits per heavy atom. The molecule has 5 nitrogen and oxygen atoms in total. The Labute approximate surface area is 196 Å². The minimum Gasteiger partial charge on any atom is -0.465 e. The highest BCUT2D eigenvalue weighted by Crippen LogP contribution is 2.42. The number of anilines is 2. The molecule has 166 valence electrons. The number of benzene rings is 2. The second kappa shape index (κ2) is 9.79. The Bertz CT molecular complexity index is 1110. The van der Waals surface area contributed by atoms with Crippen LogP contribution in [0.25, 0.3) is 0 Å². The maximum Gasteiger partial charge on any atom is 0.341 e. The number of nitrogen functional groups attached to an aromatic ring is 1. The molecule has 0 fully saturated rings. The standard InChI is InChI=1S/C25H26N2O3S2/c1-15-8-13-19-20(14-15)32-24(21(19)25(29)30-2)27-23(28)22(16-6-4-3-5-7-16)31-18-11-9-17(26)10-12-18/h3-7,9-12,15,22H,8,13-14,26H2,1-2H3,(H,27,28). The number of fused-ring (bicyclic) bond motifs is 1. The topological polar surface area (TPSA) is 81.4 Å². The lowest BCUT2D eigenvalue weighted by Crippen LogP contribution is -2.20. The largest absolute Gasteiger partial charge is 0.465 e. The number of thioether (sulfide) groups is 1. The number of nitrogens with two attached hydrogens (primary N) is 1. The highest BCUT2D eigenvalue weighted by Gasteiger charge is 2.31. The van der Waals surface area contributed by atoms with Crippen LogP contribution in [0, 0.1) is 5.92 Å². The van der Waals surface area contributed by atoms with E-state index in [2.05, 4.69) is 12.2 Å². The summed E-state index contributed by atoms with van der Waals surface area (Å²) in [5.41, 5.74) is 8.92. The van der Waals surface area contributed by atoms with Gasteiger partial charge in [0, 0.05) is 15.5 Å². The van der Waals surface area contributed by atoms with Gasteiger partial charge in [0.05, 0.1) is 12.7 Å². The molecule has 0 spiro atoms. The maximum absolute atomic E-state index is 13.5. The number of carbonyl (C=O) groups excluding carboxylic acids is 2. The fourth-order valence-corrected chi connectivity index (χ4v) is 6.34. The number of hydrogen-bond donors (Lipinski definition) is 2. The first-order chi connectivity index (χ1) is 15.5. The van der Waals surface area contributed by atoms with Crippen LogP contribution in [0.1, 0.15) is 45.0 Å². The van der Waals surface area contributed by atoms with Gasteiger partial charge in [-0.3, -0.25) is 4.79 Å². The van der Waals surface area contributed by atoms with Gasteiger partial charge in [0.1, 0.15) is 10.3 Å². The van der Waals surface area contributed by atoms with Gasteiger partial charge in [-0.25, -0.2) is 4.79 Å². The number of nitrogens with one attached hydrogen (secondary N) is 1. The van der Waals surface area contributed by atoms with Gasteiger partial charge in [0.25, 0.3) is 0 Å². The van der Waals surface area contributed by atoms with Crippen molar-refractivity contribution in [3.8, 4) is 0 Å². The smallest absolute Gasteiger partial charge is 0.341 e. The number of ether oxygens (including phenoxy) is 1. The summed E-state index contributed by atoms with van der Waals surface area (Å²) in [6.45, 7) is 2.22. The summed E-state index contributed by atoms with van der Waals surface area (Å²) < 4.78 is 5.06. The summed E-state index contributed by atoms with van der Waals surface area (Å²) in [7, 11) is 1.38. The number of carbonyl (C=O) groups is 2. The average molecular weight is 467 g/mol. The maximum atomic E-state index is 13.5. The molecule has 1 aliphatic rings. The average Bonchev–Trinajstić information content (AvgIpc) is 3.15. The molecule has 1 aromatic heterocycles. The molecule has 1 heterocycles. The lowest BCUT2D eigenvalue weighted by atomic mass is 9.88. The monoisotopic (exact) mass is 466 g/mol. The number of rotatable bonds is 6. The van der Waals surface area contributed by atoms with E-state index in [1.165, 1.54) is 35.1 Å². The Morgan fingerprint density at radius 1 is 1.16 bits per heavy atom. The van der Waals surface area contributed by atoms with Gasteiger partial charge in [0.15, 0.2) is 0 Å². The zero-order valence-electron chi connectivity index (χ0n) is 18.1. The van der Waals surface area contributed by atoms with Crippen LogP contribution >= 0.6 is 23.1 Å². The lowest BCUT2D eigenvalue weighted by molar-refractivity contribution is -0.115.